The summed E-state index contributed by atoms with van der Waals surface area (Å²) in [6.07, 6.45) is -4.06. The molecule has 0 bridgehead atoms. The first-order chi connectivity index (χ1) is 15.4. The van der Waals surface area contributed by atoms with Crippen LogP contribution in [0.2, 0.25) is 0 Å². The zero-order valence-corrected chi connectivity index (χ0v) is 20.7. The second-order valence-corrected chi connectivity index (χ2v) is 14.3. The van der Waals surface area contributed by atoms with Gasteiger partial charge in [0.25, 0.3) is 0 Å². The molecule has 1 aliphatic heterocycles. The quantitative estimate of drug-likeness (QED) is 0.566. The van der Waals surface area contributed by atoms with Gasteiger partial charge in [0.2, 0.25) is 0 Å². The SMILES string of the molecule is CC1CCOC(c2ncc(C(F)(F)F)cc2S(C)(=O)=O)C1S(=O)(=O)c1cccc(S(C)(=O)=O)c1. The van der Waals surface area contributed by atoms with Crippen LogP contribution in [0.15, 0.2) is 51.2 Å². The molecule has 1 aromatic heterocycles. The largest absolute Gasteiger partial charge is 0.417 e. The number of ether oxygens (including phenoxy) is 1. The third kappa shape index (κ3) is 5.29. The molecule has 14 heteroatoms. The number of benzene rings is 1. The molecule has 1 aliphatic rings. The normalized spacial score (nSPS) is 22.5. The molecule has 3 unspecified atom stereocenters. The lowest BCUT2D eigenvalue weighted by Crippen LogP contribution is -2.41. The van der Waals surface area contributed by atoms with E-state index < -0.39 is 69.1 Å². The Morgan fingerprint density at radius 1 is 0.971 bits per heavy atom. The fraction of sp³-hybridized carbons (Fsp3) is 0.450. The Bertz CT molecular complexity index is 1420. The van der Waals surface area contributed by atoms with Crippen LogP contribution in [0.4, 0.5) is 13.2 Å². The Labute approximate surface area is 195 Å². The lowest BCUT2D eigenvalue weighted by Gasteiger charge is -2.36. The van der Waals surface area contributed by atoms with Crippen molar-refractivity contribution in [2.45, 2.75) is 45.6 Å². The van der Waals surface area contributed by atoms with Gasteiger partial charge in [0, 0.05) is 25.3 Å². The second kappa shape index (κ2) is 8.88. The predicted molar refractivity (Wildman–Crippen MR) is 115 cm³/mol. The summed E-state index contributed by atoms with van der Waals surface area (Å²) in [5.41, 5.74) is -1.75. The Morgan fingerprint density at radius 2 is 1.59 bits per heavy atom. The van der Waals surface area contributed by atoms with Crippen LogP contribution in [0.25, 0.3) is 0 Å². The van der Waals surface area contributed by atoms with E-state index in [0.29, 0.717) is 18.5 Å². The molecule has 0 saturated carbocycles. The van der Waals surface area contributed by atoms with Gasteiger partial charge < -0.3 is 4.74 Å². The molecule has 2 heterocycles. The van der Waals surface area contributed by atoms with Crippen LogP contribution in [0, 0.1) is 5.92 Å². The summed E-state index contributed by atoms with van der Waals surface area (Å²) in [4.78, 5) is 2.34. The monoisotopic (exact) mass is 541 g/mol. The Morgan fingerprint density at radius 3 is 2.15 bits per heavy atom. The van der Waals surface area contributed by atoms with E-state index in [1.165, 1.54) is 18.2 Å². The molecule has 3 atom stereocenters. The van der Waals surface area contributed by atoms with E-state index in [2.05, 4.69) is 4.98 Å². The van der Waals surface area contributed by atoms with Crippen molar-refractivity contribution >= 4 is 29.5 Å². The minimum Gasteiger partial charge on any atom is -0.370 e. The Hall–Kier alpha value is -2.03. The average molecular weight is 542 g/mol. The molecule has 0 amide bonds. The number of nitrogens with zero attached hydrogens (tertiary/aromatic N) is 1. The van der Waals surface area contributed by atoms with Crippen molar-refractivity contribution in [1.29, 1.82) is 0 Å². The molecular weight excluding hydrogens is 519 g/mol. The van der Waals surface area contributed by atoms with Gasteiger partial charge in [0.15, 0.2) is 29.5 Å². The Balaban J connectivity index is 2.22. The van der Waals surface area contributed by atoms with Crippen LogP contribution in [-0.4, -0.2) is 54.6 Å². The first-order valence-corrected chi connectivity index (χ1v) is 15.2. The van der Waals surface area contributed by atoms with E-state index in [-0.39, 0.29) is 22.8 Å². The minimum atomic E-state index is -4.87. The van der Waals surface area contributed by atoms with Crippen molar-refractivity contribution < 1.29 is 43.2 Å². The van der Waals surface area contributed by atoms with Crippen molar-refractivity contribution in [3.05, 3.63) is 47.8 Å². The summed E-state index contributed by atoms with van der Waals surface area (Å²) in [5.74, 6) is -0.609. The van der Waals surface area contributed by atoms with E-state index in [1.807, 2.05) is 0 Å². The molecule has 34 heavy (non-hydrogen) atoms. The molecular formula is C20H22F3NO7S3. The first-order valence-electron chi connectivity index (χ1n) is 9.87. The number of halogens is 3. The summed E-state index contributed by atoms with van der Waals surface area (Å²) in [7, 11) is -12.3. The number of aromatic nitrogens is 1. The van der Waals surface area contributed by atoms with Crippen LogP contribution in [0.1, 0.15) is 30.7 Å². The van der Waals surface area contributed by atoms with E-state index in [1.54, 1.807) is 6.92 Å². The first kappa shape index (κ1) is 26.6. The highest BCUT2D eigenvalue weighted by atomic mass is 32.2. The Kier molecular flexibility index (Phi) is 6.94. The van der Waals surface area contributed by atoms with Gasteiger partial charge in [-0.1, -0.05) is 13.0 Å². The number of hydrogen-bond acceptors (Lipinski definition) is 8. The zero-order valence-electron chi connectivity index (χ0n) is 18.3. The van der Waals surface area contributed by atoms with Gasteiger partial charge in [-0.3, -0.25) is 4.98 Å². The molecule has 3 rings (SSSR count). The summed E-state index contributed by atoms with van der Waals surface area (Å²) < 4.78 is 121. The van der Waals surface area contributed by atoms with Crippen molar-refractivity contribution in [2.24, 2.45) is 5.92 Å². The van der Waals surface area contributed by atoms with Gasteiger partial charge in [-0.25, -0.2) is 25.3 Å². The fourth-order valence-electron chi connectivity index (χ4n) is 3.80. The van der Waals surface area contributed by atoms with Gasteiger partial charge in [-0.15, -0.1) is 0 Å². The van der Waals surface area contributed by atoms with Gasteiger partial charge in [-0.2, -0.15) is 13.2 Å². The highest BCUT2D eigenvalue weighted by molar-refractivity contribution is 7.92. The highest BCUT2D eigenvalue weighted by Crippen LogP contribution is 2.42. The lowest BCUT2D eigenvalue weighted by molar-refractivity contribution is -0.138. The van der Waals surface area contributed by atoms with Gasteiger partial charge in [-0.05, 0) is 36.6 Å². The predicted octanol–water partition coefficient (Wildman–Crippen LogP) is 2.85. The third-order valence-corrected chi connectivity index (χ3v) is 10.1. The third-order valence-electron chi connectivity index (χ3n) is 5.53. The van der Waals surface area contributed by atoms with Crippen LogP contribution >= 0.6 is 0 Å². The number of rotatable bonds is 5. The van der Waals surface area contributed by atoms with Crippen LogP contribution in [0.5, 0.6) is 0 Å². The average Bonchev–Trinajstić information content (AvgIpc) is 2.71. The van der Waals surface area contributed by atoms with Gasteiger partial charge in [0.1, 0.15) is 11.4 Å². The van der Waals surface area contributed by atoms with E-state index >= 15 is 0 Å². The topological polar surface area (TPSA) is 125 Å². The summed E-state index contributed by atoms with van der Waals surface area (Å²) in [6, 6.07) is 5.08. The van der Waals surface area contributed by atoms with Crippen molar-refractivity contribution in [1.82, 2.24) is 4.98 Å². The molecule has 0 radical (unpaired) electrons. The standard InChI is InChI=1S/C20H22F3NO7S3/c1-12-7-8-31-18(17-16(33(3,27)28)9-13(11-24-17)20(21,22)23)19(12)34(29,30)15-6-4-5-14(10-15)32(2,25)26/h4-6,9-12,18-19H,7-8H2,1-3H3. The molecule has 0 spiro atoms. The molecule has 0 aliphatic carbocycles. The van der Waals surface area contributed by atoms with Crippen LogP contribution in [-0.2, 0) is 40.4 Å². The molecule has 8 nitrogen and oxygen atoms in total. The van der Waals surface area contributed by atoms with E-state index in [4.69, 9.17) is 4.74 Å². The smallest absolute Gasteiger partial charge is 0.370 e. The summed E-state index contributed by atoms with van der Waals surface area (Å²) in [6.45, 7) is 1.61. The molecule has 1 aromatic carbocycles. The molecule has 1 fully saturated rings. The summed E-state index contributed by atoms with van der Waals surface area (Å²) in [5, 5.41) is -1.43. The lowest BCUT2D eigenvalue weighted by atomic mass is 9.94. The number of hydrogen-bond donors (Lipinski definition) is 0. The van der Waals surface area contributed by atoms with Gasteiger partial charge in [0.05, 0.1) is 25.9 Å². The van der Waals surface area contributed by atoms with Crippen LogP contribution in [0.3, 0.4) is 0 Å². The van der Waals surface area contributed by atoms with Crippen molar-refractivity contribution in [2.75, 3.05) is 19.1 Å². The maximum Gasteiger partial charge on any atom is 0.417 e. The zero-order chi connectivity index (χ0) is 25.7. The molecule has 0 N–H and O–H groups in total. The van der Waals surface area contributed by atoms with Gasteiger partial charge >= 0.3 is 6.18 Å². The molecule has 1 saturated heterocycles. The maximum absolute atomic E-state index is 13.6. The number of sulfone groups is 3. The van der Waals surface area contributed by atoms with Crippen molar-refractivity contribution in [3.63, 3.8) is 0 Å². The van der Waals surface area contributed by atoms with Crippen LogP contribution < -0.4 is 0 Å². The minimum absolute atomic E-state index is 0.0210. The second-order valence-electron chi connectivity index (χ2n) is 8.19. The maximum atomic E-state index is 13.6. The number of pyridine rings is 1. The fourth-order valence-corrected chi connectivity index (χ4v) is 7.59. The summed E-state index contributed by atoms with van der Waals surface area (Å²) >= 11 is 0. The number of alkyl halides is 3. The van der Waals surface area contributed by atoms with E-state index in [0.717, 1.165) is 12.3 Å². The van der Waals surface area contributed by atoms with Crippen molar-refractivity contribution in [3.8, 4) is 0 Å². The van der Waals surface area contributed by atoms with E-state index in [9.17, 15) is 38.4 Å². The molecule has 2 aromatic rings. The molecule has 188 valence electrons. The highest BCUT2D eigenvalue weighted by Gasteiger charge is 2.46.